The molecule has 1 aromatic heterocycles. The Morgan fingerprint density at radius 3 is 2.53 bits per heavy atom. The van der Waals surface area contributed by atoms with Gasteiger partial charge in [0.1, 0.15) is 5.82 Å². The molecule has 0 unspecified atom stereocenters. The fourth-order valence-corrected chi connectivity index (χ4v) is 1.51. The Bertz CT molecular complexity index is 457. The first-order valence-electron chi connectivity index (χ1n) is 4.59. The third-order valence-corrected chi connectivity index (χ3v) is 2.44. The molecule has 0 radical (unpaired) electrons. The highest BCUT2D eigenvalue weighted by molar-refractivity contribution is 7.79. The van der Waals surface area contributed by atoms with E-state index in [9.17, 15) is 0 Å². The number of nitrogens with zero attached hydrogens (tertiary/aromatic N) is 2. The highest BCUT2D eigenvalue weighted by Gasteiger charge is 2.04. The van der Waals surface area contributed by atoms with E-state index < -0.39 is 0 Å². The van der Waals surface area contributed by atoms with Gasteiger partial charge in [0.2, 0.25) is 0 Å². The Morgan fingerprint density at radius 2 is 1.93 bits per heavy atom. The van der Waals surface area contributed by atoms with Gasteiger partial charge in [-0.1, -0.05) is 30.3 Å². The lowest BCUT2D eigenvalue weighted by molar-refractivity contribution is 1.14. The lowest BCUT2D eigenvalue weighted by atomic mass is 10.2. The van der Waals surface area contributed by atoms with E-state index in [4.69, 9.17) is 5.73 Å². The van der Waals surface area contributed by atoms with E-state index in [0.717, 1.165) is 11.1 Å². The number of hydrogen-bond acceptors (Lipinski definition) is 4. The van der Waals surface area contributed by atoms with E-state index in [1.807, 2.05) is 30.3 Å². The molecule has 2 aromatic rings. The first-order chi connectivity index (χ1) is 7.31. The average Bonchev–Trinajstić information content (AvgIpc) is 2.30. The van der Waals surface area contributed by atoms with Gasteiger partial charge in [-0.15, -0.1) is 0 Å². The molecule has 0 fully saturated rings. The van der Waals surface area contributed by atoms with Gasteiger partial charge in [0.15, 0.2) is 5.82 Å². The van der Waals surface area contributed by atoms with Crippen LogP contribution in [0.3, 0.4) is 0 Å². The van der Waals surface area contributed by atoms with Gasteiger partial charge in [-0.25, -0.2) is 9.97 Å². The molecule has 0 aliphatic carbocycles. The highest BCUT2D eigenvalue weighted by atomic mass is 32.1. The van der Waals surface area contributed by atoms with E-state index in [1.54, 1.807) is 6.20 Å². The maximum absolute atomic E-state index is 5.77. The number of nitrogen functional groups attached to an aromatic ring is 1. The summed E-state index contributed by atoms with van der Waals surface area (Å²) in [5, 5.41) is 0. The molecule has 76 valence electrons. The van der Waals surface area contributed by atoms with Crippen molar-refractivity contribution in [2.24, 2.45) is 0 Å². The van der Waals surface area contributed by atoms with Gasteiger partial charge >= 0.3 is 0 Å². The standard InChI is InChI=1S/C11H11N3S/c12-10-9(7-15)6-13-11(14-10)8-4-2-1-3-5-8/h1-6,15H,7H2,(H2,12,13,14). The fourth-order valence-electron chi connectivity index (χ4n) is 1.27. The predicted octanol–water partition coefficient (Wildman–Crippen LogP) is 2.16. The van der Waals surface area contributed by atoms with Crippen LogP contribution in [0.5, 0.6) is 0 Å². The summed E-state index contributed by atoms with van der Waals surface area (Å²) in [6.07, 6.45) is 1.72. The molecule has 0 spiro atoms. The number of aromatic nitrogens is 2. The molecule has 0 atom stereocenters. The second kappa shape index (κ2) is 4.31. The summed E-state index contributed by atoms with van der Waals surface area (Å²) < 4.78 is 0. The zero-order valence-corrected chi connectivity index (χ0v) is 8.98. The van der Waals surface area contributed by atoms with Crippen LogP contribution in [0.25, 0.3) is 11.4 Å². The van der Waals surface area contributed by atoms with Gasteiger partial charge in [0, 0.05) is 23.1 Å². The maximum atomic E-state index is 5.77. The molecule has 0 aliphatic heterocycles. The van der Waals surface area contributed by atoms with Crippen LogP contribution < -0.4 is 5.73 Å². The van der Waals surface area contributed by atoms with Crippen molar-refractivity contribution >= 4 is 18.4 Å². The van der Waals surface area contributed by atoms with Crippen molar-refractivity contribution in [2.75, 3.05) is 5.73 Å². The third-order valence-electron chi connectivity index (χ3n) is 2.10. The summed E-state index contributed by atoms with van der Waals surface area (Å²) in [6.45, 7) is 0. The first-order valence-corrected chi connectivity index (χ1v) is 5.22. The lowest BCUT2D eigenvalue weighted by Gasteiger charge is -2.04. The Hall–Kier alpha value is -1.55. The van der Waals surface area contributed by atoms with E-state index >= 15 is 0 Å². The van der Waals surface area contributed by atoms with Crippen LogP contribution in [0.4, 0.5) is 5.82 Å². The van der Waals surface area contributed by atoms with Crippen molar-refractivity contribution in [1.29, 1.82) is 0 Å². The number of thiol groups is 1. The molecule has 4 heteroatoms. The van der Waals surface area contributed by atoms with Gasteiger partial charge in [-0.2, -0.15) is 12.6 Å². The van der Waals surface area contributed by atoms with Crippen molar-refractivity contribution in [3.05, 3.63) is 42.1 Å². The second-order valence-electron chi connectivity index (χ2n) is 3.13. The summed E-state index contributed by atoms with van der Waals surface area (Å²) in [7, 11) is 0. The first kappa shape index (κ1) is 9.98. The smallest absolute Gasteiger partial charge is 0.161 e. The van der Waals surface area contributed by atoms with E-state index in [0.29, 0.717) is 17.4 Å². The Labute approximate surface area is 93.8 Å². The topological polar surface area (TPSA) is 51.8 Å². The normalized spacial score (nSPS) is 10.2. The molecule has 1 aromatic carbocycles. The fraction of sp³-hybridized carbons (Fsp3) is 0.0909. The van der Waals surface area contributed by atoms with Crippen LogP contribution in [0.2, 0.25) is 0 Å². The van der Waals surface area contributed by atoms with E-state index in [2.05, 4.69) is 22.6 Å². The highest BCUT2D eigenvalue weighted by Crippen LogP contribution is 2.17. The van der Waals surface area contributed by atoms with Crippen LogP contribution in [0, 0.1) is 0 Å². The van der Waals surface area contributed by atoms with E-state index in [-0.39, 0.29) is 0 Å². The SMILES string of the molecule is Nc1nc(-c2ccccc2)ncc1CS. The zero-order chi connectivity index (χ0) is 10.7. The molecule has 1 heterocycles. The van der Waals surface area contributed by atoms with Crippen LogP contribution in [0.15, 0.2) is 36.5 Å². The van der Waals surface area contributed by atoms with Crippen LogP contribution in [-0.2, 0) is 5.75 Å². The molecule has 0 aliphatic rings. The van der Waals surface area contributed by atoms with Crippen molar-refractivity contribution in [3.63, 3.8) is 0 Å². The minimum Gasteiger partial charge on any atom is -0.383 e. The van der Waals surface area contributed by atoms with Crippen molar-refractivity contribution in [1.82, 2.24) is 9.97 Å². The van der Waals surface area contributed by atoms with Crippen molar-refractivity contribution in [3.8, 4) is 11.4 Å². The number of anilines is 1. The monoisotopic (exact) mass is 217 g/mol. The Balaban J connectivity index is 2.43. The van der Waals surface area contributed by atoms with Crippen LogP contribution in [-0.4, -0.2) is 9.97 Å². The van der Waals surface area contributed by atoms with Crippen molar-refractivity contribution < 1.29 is 0 Å². The molecule has 2 rings (SSSR count). The molecule has 0 bridgehead atoms. The quantitative estimate of drug-likeness (QED) is 0.758. The molecular weight excluding hydrogens is 206 g/mol. The molecule has 3 nitrogen and oxygen atoms in total. The molecule has 0 amide bonds. The summed E-state index contributed by atoms with van der Waals surface area (Å²) in [5.41, 5.74) is 7.60. The second-order valence-corrected chi connectivity index (χ2v) is 3.44. The van der Waals surface area contributed by atoms with Gasteiger partial charge < -0.3 is 5.73 Å². The number of rotatable bonds is 2. The number of hydrogen-bond donors (Lipinski definition) is 2. The zero-order valence-electron chi connectivity index (χ0n) is 8.09. The molecule has 15 heavy (non-hydrogen) atoms. The van der Waals surface area contributed by atoms with Gasteiger partial charge in [-0.05, 0) is 0 Å². The van der Waals surface area contributed by atoms with E-state index in [1.165, 1.54) is 0 Å². The van der Waals surface area contributed by atoms with Crippen LogP contribution in [0.1, 0.15) is 5.56 Å². The number of benzene rings is 1. The average molecular weight is 217 g/mol. The van der Waals surface area contributed by atoms with Gasteiger partial charge in [0.25, 0.3) is 0 Å². The molecule has 2 N–H and O–H groups in total. The molecule has 0 saturated heterocycles. The Kier molecular flexibility index (Phi) is 2.87. The minimum atomic E-state index is 0.499. The molecular formula is C11H11N3S. The summed E-state index contributed by atoms with van der Waals surface area (Å²) in [5.74, 6) is 1.71. The summed E-state index contributed by atoms with van der Waals surface area (Å²) >= 11 is 4.14. The van der Waals surface area contributed by atoms with Crippen molar-refractivity contribution in [2.45, 2.75) is 5.75 Å². The summed E-state index contributed by atoms with van der Waals surface area (Å²) in [6, 6.07) is 9.75. The van der Waals surface area contributed by atoms with Gasteiger partial charge in [0.05, 0.1) is 0 Å². The maximum Gasteiger partial charge on any atom is 0.161 e. The van der Waals surface area contributed by atoms with Gasteiger partial charge in [-0.3, -0.25) is 0 Å². The van der Waals surface area contributed by atoms with Crippen LogP contribution >= 0.6 is 12.6 Å². The molecule has 0 saturated carbocycles. The number of nitrogens with two attached hydrogens (primary N) is 1. The third kappa shape index (κ3) is 2.10. The largest absolute Gasteiger partial charge is 0.383 e. The Morgan fingerprint density at radius 1 is 1.20 bits per heavy atom. The predicted molar refractivity (Wildman–Crippen MR) is 64.6 cm³/mol. The minimum absolute atomic E-state index is 0.499. The lowest BCUT2D eigenvalue weighted by Crippen LogP contribution is -1.99. The summed E-state index contributed by atoms with van der Waals surface area (Å²) in [4.78, 5) is 8.47.